The molecule has 0 fully saturated rings. The van der Waals surface area contributed by atoms with Crippen LogP contribution in [0.2, 0.25) is 0 Å². The summed E-state index contributed by atoms with van der Waals surface area (Å²) in [5, 5.41) is 16.3. The molecule has 0 saturated heterocycles. The van der Waals surface area contributed by atoms with Crippen molar-refractivity contribution >= 4 is 21.7 Å². The second kappa shape index (κ2) is 7.37. The molecule has 2 heterocycles. The highest BCUT2D eigenvalue weighted by Gasteiger charge is 2.10. The predicted octanol–water partition coefficient (Wildman–Crippen LogP) is 5.61. The van der Waals surface area contributed by atoms with Gasteiger partial charge in [0.25, 0.3) is 0 Å². The molecule has 0 aliphatic heterocycles. The summed E-state index contributed by atoms with van der Waals surface area (Å²) in [5.74, 6) is 1.31. The Balaban J connectivity index is 1.69. The van der Waals surface area contributed by atoms with Crippen molar-refractivity contribution in [1.29, 1.82) is 0 Å². The van der Waals surface area contributed by atoms with Crippen LogP contribution in [0.15, 0.2) is 94.6 Å². The molecule has 2 aromatic heterocycles. The van der Waals surface area contributed by atoms with E-state index in [2.05, 4.69) is 10.1 Å². The zero-order valence-electron chi connectivity index (χ0n) is 16.2. The van der Waals surface area contributed by atoms with Crippen LogP contribution in [0.1, 0.15) is 0 Å². The van der Waals surface area contributed by atoms with Gasteiger partial charge in [-0.25, -0.2) is 0 Å². The van der Waals surface area contributed by atoms with Gasteiger partial charge in [-0.2, -0.15) is 0 Å². The quantitative estimate of drug-likeness (QED) is 0.319. The number of hydrogen-bond donors (Lipinski definition) is 1. The zero-order chi connectivity index (χ0) is 20.5. The van der Waals surface area contributed by atoms with Gasteiger partial charge < -0.3 is 14.4 Å². The summed E-state index contributed by atoms with van der Waals surface area (Å²) in [6, 6.07) is 25.3. The molecule has 0 spiro atoms. The van der Waals surface area contributed by atoms with Crippen molar-refractivity contribution in [2.75, 3.05) is 7.11 Å². The molecule has 1 N–H and O–H groups in total. The Morgan fingerprint density at radius 2 is 1.70 bits per heavy atom. The van der Waals surface area contributed by atoms with Crippen molar-refractivity contribution in [2.45, 2.75) is 0 Å². The van der Waals surface area contributed by atoms with Gasteiger partial charge in [-0.05, 0) is 46.8 Å². The highest BCUT2D eigenvalue weighted by molar-refractivity contribution is 5.86. The molecule has 0 aliphatic rings. The van der Waals surface area contributed by atoms with Gasteiger partial charge >= 0.3 is 0 Å². The number of pyridine rings is 1. The van der Waals surface area contributed by atoms with E-state index in [4.69, 9.17) is 9.15 Å². The molecular weight excluding hydrogens is 376 g/mol. The first-order valence-electron chi connectivity index (χ1n) is 9.51. The van der Waals surface area contributed by atoms with E-state index in [1.165, 1.54) is 0 Å². The number of nitrogens with zero attached hydrogens (tertiary/aromatic N) is 2. The lowest BCUT2D eigenvalue weighted by Gasteiger charge is -2.08. The summed E-state index contributed by atoms with van der Waals surface area (Å²) in [4.78, 5) is 4.53. The van der Waals surface area contributed by atoms with Crippen molar-refractivity contribution in [3.63, 3.8) is 0 Å². The van der Waals surface area contributed by atoms with Gasteiger partial charge in [0.05, 0.1) is 7.11 Å². The lowest BCUT2D eigenvalue weighted by Crippen LogP contribution is -2.03. The fourth-order valence-electron chi connectivity index (χ4n) is 3.58. The predicted molar refractivity (Wildman–Crippen MR) is 116 cm³/mol. The second-order valence-corrected chi connectivity index (χ2v) is 6.96. The standard InChI is InChI=1S/C25H18N2O3/c1-29-20-8-4-7-16(11-20)18-9-10-21-22(27-28)14-25(30-24(21)13-18)23-12-17-5-2-3-6-19(17)15-26-23/h2-15,28H,1H3/b27-22+. The maximum atomic E-state index is 9.58. The van der Waals surface area contributed by atoms with Crippen molar-refractivity contribution in [2.24, 2.45) is 5.16 Å². The third-order valence-electron chi connectivity index (χ3n) is 5.14. The highest BCUT2D eigenvalue weighted by atomic mass is 16.5. The van der Waals surface area contributed by atoms with Crippen LogP contribution in [0.3, 0.4) is 0 Å². The second-order valence-electron chi connectivity index (χ2n) is 6.96. The minimum Gasteiger partial charge on any atom is -0.497 e. The monoisotopic (exact) mass is 394 g/mol. The Hall–Kier alpha value is -4.12. The molecule has 0 unspecified atom stereocenters. The first kappa shape index (κ1) is 17.9. The average Bonchev–Trinajstić information content (AvgIpc) is 2.82. The first-order chi connectivity index (χ1) is 14.7. The summed E-state index contributed by atoms with van der Waals surface area (Å²) in [6.45, 7) is 0. The number of benzene rings is 3. The molecule has 0 atom stereocenters. The largest absolute Gasteiger partial charge is 0.497 e. The van der Waals surface area contributed by atoms with E-state index >= 15 is 0 Å². The number of fused-ring (bicyclic) bond motifs is 2. The fourth-order valence-corrected chi connectivity index (χ4v) is 3.58. The van der Waals surface area contributed by atoms with Crippen LogP contribution >= 0.6 is 0 Å². The van der Waals surface area contributed by atoms with E-state index in [1.807, 2.05) is 79.0 Å². The lowest BCUT2D eigenvalue weighted by atomic mass is 10.0. The summed E-state index contributed by atoms with van der Waals surface area (Å²) in [6.07, 6.45) is 1.81. The molecule has 5 aromatic rings. The summed E-state index contributed by atoms with van der Waals surface area (Å²) >= 11 is 0. The molecule has 3 aromatic carbocycles. The minimum absolute atomic E-state index is 0.429. The molecule has 0 radical (unpaired) electrons. The summed E-state index contributed by atoms with van der Waals surface area (Å²) < 4.78 is 11.5. The van der Waals surface area contributed by atoms with Gasteiger partial charge in [-0.1, -0.05) is 47.6 Å². The molecule has 0 aliphatic carbocycles. The zero-order valence-corrected chi connectivity index (χ0v) is 16.2. The fraction of sp³-hybridized carbons (Fsp3) is 0.0400. The molecule has 0 bridgehead atoms. The van der Waals surface area contributed by atoms with Gasteiger partial charge in [-0.3, -0.25) is 4.98 Å². The van der Waals surface area contributed by atoms with E-state index < -0.39 is 0 Å². The van der Waals surface area contributed by atoms with Crippen LogP contribution in [0.25, 0.3) is 44.3 Å². The molecule has 5 heteroatoms. The van der Waals surface area contributed by atoms with E-state index in [0.29, 0.717) is 27.8 Å². The number of hydrogen-bond acceptors (Lipinski definition) is 5. The van der Waals surface area contributed by atoms with Crippen LogP contribution < -0.4 is 10.1 Å². The Bertz CT molecular complexity index is 1450. The van der Waals surface area contributed by atoms with Gasteiger partial charge in [0, 0.05) is 23.0 Å². The van der Waals surface area contributed by atoms with Crippen LogP contribution in [0, 0.1) is 0 Å². The van der Waals surface area contributed by atoms with Crippen LogP contribution in [-0.4, -0.2) is 17.3 Å². The summed E-state index contributed by atoms with van der Waals surface area (Å²) in [5.41, 5.74) is 3.25. The normalized spacial score (nSPS) is 11.8. The van der Waals surface area contributed by atoms with Gasteiger partial charge in [0.2, 0.25) is 0 Å². The molecular formula is C25H18N2O3. The Morgan fingerprint density at radius 3 is 2.53 bits per heavy atom. The van der Waals surface area contributed by atoms with E-state index in [-0.39, 0.29) is 0 Å². The van der Waals surface area contributed by atoms with Crippen molar-refractivity contribution in [1.82, 2.24) is 4.98 Å². The molecule has 30 heavy (non-hydrogen) atoms. The lowest BCUT2D eigenvalue weighted by molar-refractivity contribution is 0.302. The summed E-state index contributed by atoms with van der Waals surface area (Å²) in [7, 11) is 1.65. The molecule has 5 rings (SSSR count). The smallest absolute Gasteiger partial charge is 0.155 e. The van der Waals surface area contributed by atoms with E-state index in [0.717, 1.165) is 27.6 Å². The van der Waals surface area contributed by atoms with Gasteiger partial charge in [-0.15, -0.1) is 0 Å². The SMILES string of the molecule is COc1cccc(-c2ccc3/c(=N/O)cc(-c4cc5ccccc5cn4)oc3c2)c1. The third-order valence-corrected chi connectivity index (χ3v) is 5.14. The van der Waals surface area contributed by atoms with Crippen LogP contribution in [0.5, 0.6) is 5.75 Å². The average molecular weight is 394 g/mol. The Morgan fingerprint density at radius 1 is 0.867 bits per heavy atom. The van der Waals surface area contributed by atoms with E-state index in [1.54, 1.807) is 13.2 Å². The van der Waals surface area contributed by atoms with Crippen LogP contribution in [0.4, 0.5) is 0 Å². The van der Waals surface area contributed by atoms with E-state index in [9.17, 15) is 5.21 Å². The third kappa shape index (κ3) is 3.16. The number of rotatable bonds is 3. The van der Waals surface area contributed by atoms with Crippen LogP contribution in [-0.2, 0) is 0 Å². The number of methoxy groups -OCH3 is 1. The number of aromatic nitrogens is 1. The van der Waals surface area contributed by atoms with Crippen molar-refractivity contribution < 1.29 is 14.4 Å². The maximum absolute atomic E-state index is 9.58. The Labute approximate surface area is 172 Å². The van der Waals surface area contributed by atoms with Crippen molar-refractivity contribution in [3.05, 3.63) is 90.4 Å². The highest BCUT2D eigenvalue weighted by Crippen LogP contribution is 2.29. The molecule has 146 valence electrons. The topological polar surface area (TPSA) is 67.8 Å². The molecule has 5 nitrogen and oxygen atoms in total. The molecule has 0 saturated carbocycles. The van der Waals surface area contributed by atoms with Crippen molar-refractivity contribution in [3.8, 4) is 28.3 Å². The Kier molecular flexibility index (Phi) is 4.41. The molecule has 0 amide bonds. The first-order valence-corrected chi connectivity index (χ1v) is 9.51. The minimum atomic E-state index is 0.429. The maximum Gasteiger partial charge on any atom is 0.155 e. The number of ether oxygens (including phenoxy) is 1. The van der Waals surface area contributed by atoms with Gasteiger partial charge in [0.15, 0.2) is 5.76 Å². The van der Waals surface area contributed by atoms with Gasteiger partial charge in [0.1, 0.15) is 22.4 Å².